The maximum atomic E-state index is 13.1. The lowest BCUT2D eigenvalue weighted by atomic mass is 10.00. The predicted octanol–water partition coefficient (Wildman–Crippen LogP) is 4.31. The summed E-state index contributed by atoms with van der Waals surface area (Å²) in [6, 6.07) is 12.2. The Morgan fingerprint density at radius 2 is 1.87 bits per heavy atom. The van der Waals surface area contributed by atoms with Gasteiger partial charge < -0.3 is 20.3 Å². The van der Waals surface area contributed by atoms with Crippen molar-refractivity contribution < 1.29 is 27.8 Å². The lowest BCUT2D eigenvalue weighted by Crippen LogP contribution is -2.33. The van der Waals surface area contributed by atoms with Crippen molar-refractivity contribution in [1.29, 1.82) is 0 Å². The van der Waals surface area contributed by atoms with E-state index in [4.69, 9.17) is 15.2 Å². The van der Waals surface area contributed by atoms with Crippen LogP contribution in [0.5, 0.6) is 5.88 Å². The van der Waals surface area contributed by atoms with Crippen LogP contribution >= 0.6 is 0 Å². The summed E-state index contributed by atoms with van der Waals surface area (Å²) in [5, 5.41) is 9.26. The van der Waals surface area contributed by atoms with Gasteiger partial charge >= 0.3 is 5.97 Å². The summed E-state index contributed by atoms with van der Waals surface area (Å²) >= 11 is 0. The SMILES string of the molecule is Cc1cccc(C)c1-c1cc(OCC(N)C[C@H]2CCC(C)(C)O2)nc(NS(=O)(=O)c2cccc(C(=O)O)c2)n1. The fraction of sp³-hybridized carbons (Fsp3) is 0.393. The zero-order valence-corrected chi connectivity index (χ0v) is 23.3. The Morgan fingerprint density at radius 3 is 2.51 bits per heavy atom. The van der Waals surface area contributed by atoms with Crippen LogP contribution in [0.3, 0.4) is 0 Å². The van der Waals surface area contributed by atoms with E-state index in [-0.39, 0.29) is 46.6 Å². The van der Waals surface area contributed by atoms with E-state index in [2.05, 4.69) is 28.5 Å². The number of rotatable bonds is 10. The van der Waals surface area contributed by atoms with E-state index in [0.29, 0.717) is 12.1 Å². The molecule has 0 bridgehead atoms. The summed E-state index contributed by atoms with van der Waals surface area (Å²) in [6.07, 6.45) is 2.57. The number of benzene rings is 2. The van der Waals surface area contributed by atoms with Gasteiger partial charge in [0.05, 0.1) is 27.9 Å². The largest absolute Gasteiger partial charge is 0.478 e. The van der Waals surface area contributed by atoms with Crippen LogP contribution in [0.4, 0.5) is 5.95 Å². The van der Waals surface area contributed by atoms with Crippen LogP contribution < -0.4 is 15.2 Å². The molecule has 0 aliphatic carbocycles. The highest BCUT2D eigenvalue weighted by Crippen LogP contribution is 2.32. The van der Waals surface area contributed by atoms with Gasteiger partial charge in [0, 0.05) is 17.7 Å². The molecule has 11 heteroatoms. The van der Waals surface area contributed by atoms with Crippen molar-refractivity contribution in [2.45, 2.75) is 69.6 Å². The fourth-order valence-corrected chi connectivity index (χ4v) is 5.70. The number of aromatic nitrogens is 2. The van der Waals surface area contributed by atoms with Gasteiger partial charge in [0.1, 0.15) is 6.61 Å². The maximum Gasteiger partial charge on any atom is 0.335 e. The van der Waals surface area contributed by atoms with E-state index < -0.39 is 16.0 Å². The summed E-state index contributed by atoms with van der Waals surface area (Å²) in [5.41, 5.74) is 9.21. The minimum absolute atomic E-state index is 0.0538. The van der Waals surface area contributed by atoms with Crippen LogP contribution in [0.1, 0.15) is 54.6 Å². The summed E-state index contributed by atoms with van der Waals surface area (Å²) in [6.45, 7) is 8.14. The first-order chi connectivity index (χ1) is 18.3. The molecule has 208 valence electrons. The molecule has 0 amide bonds. The van der Waals surface area contributed by atoms with Gasteiger partial charge in [-0.25, -0.2) is 22.9 Å². The number of hydrogen-bond donors (Lipinski definition) is 3. The molecule has 3 aromatic rings. The van der Waals surface area contributed by atoms with Gasteiger partial charge in [-0.3, -0.25) is 0 Å². The number of anilines is 1. The van der Waals surface area contributed by atoms with E-state index in [1.165, 1.54) is 18.2 Å². The van der Waals surface area contributed by atoms with Crippen molar-refractivity contribution in [2.75, 3.05) is 11.3 Å². The Morgan fingerprint density at radius 1 is 1.18 bits per heavy atom. The number of hydrogen-bond acceptors (Lipinski definition) is 8. The van der Waals surface area contributed by atoms with Gasteiger partial charge in [0.25, 0.3) is 10.0 Å². The first-order valence-electron chi connectivity index (χ1n) is 12.7. The second-order valence-corrected chi connectivity index (χ2v) is 12.1. The Labute approximate surface area is 228 Å². The van der Waals surface area contributed by atoms with Gasteiger partial charge in [0.2, 0.25) is 11.8 Å². The number of carboxylic acids is 1. The maximum absolute atomic E-state index is 13.1. The number of nitrogens with two attached hydrogens (primary N) is 1. The van der Waals surface area contributed by atoms with Crippen LogP contribution in [0, 0.1) is 13.8 Å². The number of aromatic carboxylic acids is 1. The standard InChI is InChI=1S/C28H34N4O6S/c1-17-7-5-8-18(2)25(17)23-15-24(37-16-20(29)14-21-11-12-28(3,4)38-21)31-27(30-23)32-39(35,36)22-10-6-9-19(13-22)26(33)34/h5-10,13,15,20-21H,11-12,14,16,29H2,1-4H3,(H,33,34)(H,30,31,32)/t20?,21-/m1/s1. The third kappa shape index (κ3) is 7.11. The third-order valence-corrected chi connectivity index (χ3v) is 7.95. The molecule has 4 rings (SSSR count). The Balaban J connectivity index is 1.61. The van der Waals surface area contributed by atoms with Crippen molar-refractivity contribution in [3.8, 4) is 17.1 Å². The van der Waals surface area contributed by atoms with Gasteiger partial charge in [0.15, 0.2) is 0 Å². The number of carboxylic acid groups (broad SMARTS) is 1. The number of nitrogens with zero attached hydrogens (tertiary/aromatic N) is 2. The second-order valence-electron chi connectivity index (χ2n) is 10.5. The average Bonchev–Trinajstić information content (AvgIpc) is 3.20. The monoisotopic (exact) mass is 554 g/mol. The van der Waals surface area contributed by atoms with Gasteiger partial charge in [-0.2, -0.15) is 4.98 Å². The first kappa shape index (κ1) is 28.5. The number of carbonyl (C=O) groups is 1. The summed E-state index contributed by atoms with van der Waals surface area (Å²) in [4.78, 5) is 19.9. The van der Waals surface area contributed by atoms with E-state index in [0.717, 1.165) is 35.6 Å². The molecule has 10 nitrogen and oxygen atoms in total. The highest BCUT2D eigenvalue weighted by atomic mass is 32.2. The van der Waals surface area contributed by atoms with Crippen molar-refractivity contribution in [3.05, 3.63) is 65.2 Å². The van der Waals surface area contributed by atoms with Crippen LogP contribution in [-0.2, 0) is 14.8 Å². The summed E-state index contributed by atoms with van der Waals surface area (Å²) in [5.74, 6) is -1.29. The number of ether oxygens (including phenoxy) is 2. The highest BCUT2D eigenvalue weighted by molar-refractivity contribution is 7.92. The van der Waals surface area contributed by atoms with Crippen molar-refractivity contribution in [1.82, 2.24) is 9.97 Å². The number of sulfonamides is 1. The molecule has 39 heavy (non-hydrogen) atoms. The van der Waals surface area contributed by atoms with Gasteiger partial charge in [-0.15, -0.1) is 0 Å². The Bertz CT molecular complexity index is 1450. The molecule has 0 radical (unpaired) electrons. The molecule has 2 aromatic carbocycles. The number of nitrogens with one attached hydrogen (secondary N) is 1. The van der Waals surface area contributed by atoms with Gasteiger partial charge in [-0.1, -0.05) is 24.3 Å². The predicted molar refractivity (Wildman–Crippen MR) is 147 cm³/mol. The first-order valence-corrected chi connectivity index (χ1v) is 14.2. The number of aryl methyl sites for hydroxylation is 2. The zero-order valence-electron chi connectivity index (χ0n) is 22.5. The molecule has 4 N–H and O–H groups in total. The fourth-order valence-electron chi connectivity index (χ4n) is 4.71. The van der Waals surface area contributed by atoms with E-state index in [9.17, 15) is 18.3 Å². The molecule has 1 aromatic heterocycles. The smallest absolute Gasteiger partial charge is 0.335 e. The minimum atomic E-state index is -4.20. The van der Waals surface area contributed by atoms with Crippen LogP contribution in [0.15, 0.2) is 53.4 Å². The molecule has 1 aliphatic heterocycles. The zero-order chi connectivity index (χ0) is 28.4. The third-order valence-electron chi connectivity index (χ3n) is 6.62. The minimum Gasteiger partial charge on any atom is -0.478 e. The summed E-state index contributed by atoms with van der Waals surface area (Å²) < 4.78 is 40.6. The van der Waals surface area contributed by atoms with Gasteiger partial charge in [-0.05, 0) is 76.3 Å². The molecule has 0 spiro atoms. The molecule has 2 atom stereocenters. The molecule has 2 heterocycles. The van der Waals surface area contributed by atoms with E-state index in [1.807, 2.05) is 32.0 Å². The molecule has 1 saturated heterocycles. The van der Waals surface area contributed by atoms with E-state index >= 15 is 0 Å². The van der Waals surface area contributed by atoms with Crippen LogP contribution in [0.25, 0.3) is 11.3 Å². The molecule has 1 unspecified atom stereocenters. The van der Waals surface area contributed by atoms with Crippen molar-refractivity contribution >= 4 is 21.9 Å². The average molecular weight is 555 g/mol. The molecular weight excluding hydrogens is 520 g/mol. The summed E-state index contributed by atoms with van der Waals surface area (Å²) in [7, 11) is -4.20. The van der Waals surface area contributed by atoms with Crippen LogP contribution in [0.2, 0.25) is 0 Å². The van der Waals surface area contributed by atoms with E-state index in [1.54, 1.807) is 6.07 Å². The van der Waals surface area contributed by atoms with Crippen molar-refractivity contribution in [3.63, 3.8) is 0 Å². The molecular formula is C28H34N4O6S. The molecule has 1 fully saturated rings. The second kappa shape index (κ2) is 11.3. The normalized spacial score (nSPS) is 17.5. The Kier molecular flexibility index (Phi) is 8.24. The van der Waals surface area contributed by atoms with Crippen LogP contribution in [-0.4, -0.2) is 53.8 Å². The molecule has 0 saturated carbocycles. The highest BCUT2D eigenvalue weighted by Gasteiger charge is 2.32. The molecule has 1 aliphatic rings. The quantitative estimate of drug-likeness (QED) is 0.332. The van der Waals surface area contributed by atoms with Crippen molar-refractivity contribution in [2.24, 2.45) is 5.73 Å². The topological polar surface area (TPSA) is 154 Å². The lowest BCUT2D eigenvalue weighted by Gasteiger charge is -2.21. The Hall–Kier alpha value is -3.54. The lowest BCUT2D eigenvalue weighted by molar-refractivity contribution is -0.0221.